The van der Waals surface area contributed by atoms with Gasteiger partial charge in [0.1, 0.15) is 12.4 Å². The van der Waals surface area contributed by atoms with Crippen LogP contribution in [0.5, 0.6) is 0 Å². The number of hydrogen-bond donors (Lipinski definition) is 2. The Morgan fingerprint density at radius 3 is 2.67 bits per heavy atom. The highest BCUT2D eigenvalue weighted by atomic mass is 32.2. The van der Waals surface area contributed by atoms with Crippen LogP contribution in [0.4, 0.5) is 5.69 Å². The van der Waals surface area contributed by atoms with E-state index >= 15 is 0 Å². The van der Waals surface area contributed by atoms with Gasteiger partial charge >= 0.3 is 0 Å². The lowest BCUT2D eigenvalue weighted by Crippen LogP contribution is -2.25. The first-order valence-electron chi connectivity index (χ1n) is 7.66. The molecule has 7 heteroatoms. The van der Waals surface area contributed by atoms with Gasteiger partial charge in [-0.05, 0) is 54.8 Å². The molecule has 0 unspecified atom stereocenters. The zero-order valence-corrected chi connectivity index (χ0v) is 14.2. The molecule has 24 heavy (non-hydrogen) atoms. The van der Waals surface area contributed by atoms with Crippen molar-refractivity contribution in [3.8, 4) is 11.4 Å². The standard InChI is InChI=1S/C17H19N5OS/c1-24-11-8-15(22-9-2-3-10-22)17(23)20-14-6-4-13(5-7-14)16-18-12-19-21-16/h2-7,9-10,12,15H,8,11H2,1H3,(H,20,23)(H,18,19,21)/t15-/m0/s1. The van der Waals surface area contributed by atoms with Crippen molar-refractivity contribution in [2.75, 3.05) is 17.3 Å². The number of carbonyl (C=O) groups excluding carboxylic acids is 1. The maximum Gasteiger partial charge on any atom is 0.247 e. The third-order valence-electron chi connectivity index (χ3n) is 3.73. The van der Waals surface area contributed by atoms with Gasteiger partial charge in [-0.3, -0.25) is 9.89 Å². The Balaban J connectivity index is 1.70. The first-order chi connectivity index (χ1) is 11.8. The van der Waals surface area contributed by atoms with Gasteiger partial charge in [-0.25, -0.2) is 4.98 Å². The molecule has 1 aromatic carbocycles. The monoisotopic (exact) mass is 341 g/mol. The molecular formula is C17H19N5OS. The van der Waals surface area contributed by atoms with Gasteiger partial charge in [0.25, 0.3) is 0 Å². The molecule has 1 atom stereocenters. The molecule has 124 valence electrons. The SMILES string of the molecule is CSCC[C@@H](C(=O)Nc1ccc(-c2ncn[nH]2)cc1)n1cccc1. The van der Waals surface area contributed by atoms with Gasteiger partial charge in [-0.1, -0.05) is 0 Å². The Bertz CT molecular complexity index is 753. The van der Waals surface area contributed by atoms with E-state index in [4.69, 9.17) is 0 Å². The zero-order valence-electron chi connectivity index (χ0n) is 13.3. The number of carbonyl (C=O) groups is 1. The predicted molar refractivity (Wildman–Crippen MR) is 96.9 cm³/mol. The summed E-state index contributed by atoms with van der Waals surface area (Å²) in [5.41, 5.74) is 1.69. The quantitative estimate of drug-likeness (QED) is 0.692. The van der Waals surface area contributed by atoms with E-state index in [2.05, 4.69) is 20.5 Å². The number of anilines is 1. The predicted octanol–water partition coefficient (Wildman–Crippen LogP) is 3.21. The van der Waals surface area contributed by atoms with Crippen molar-refractivity contribution in [3.05, 3.63) is 55.1 Å². The van der Waals surface area contributed by atoms with Crippen LogP contribution in [-0.2, 0) is 4.79 Å². The number of rotatable bonds is 7. The first kappa shape index (κ1) is 16.3. The van der Waals surface area contributed by atoms with Crippen molar-refractivity contribution in [2.24, 2.45) is 0 Å². The zero-order chi connectivity index (χ0) is 16.8. The highest BCUT2D eigenvalue weighted by molar-refractivity contribution is 7.98. The highest BCUT2D eigenvalue weighted by Gasteiger charge is 2.19. The molecule has 0 aliphatic rings. The average molecular weight is 341 g/mol. The van der Waals surface area contributed by atoms with Gasteiger partial charge in [0.15, 0.2) is 5.82 Å². The first-order valence-corrected chi connectivity index (χ1v) is 9.05. The second-order valence-electron chi connectivity index (χ2n) is 5.33. The maximum absolute atomic E-state index is 12.7. The van der Waals surface area contributed by atoms with Crippen LogP contribution >= 0.6 is 11.8 Å². The lowest BCUT2D eigenvalue weighted by Gasteiger charge is -2.18. The van der Waals surface area contributed by atoms with Crippen LogP contribution in [0.25, 0.3) is 11.4 Å². The van der Waals surface area contributed by atoms with Crippen molar-refractivity contribution >= 4 is 23.4 Å². The molecule has 0 aliphatic heterocycles. The number of aromatic amines is 1. The summed E-state index contributed by atoms with van der Waals surface area (Å²) in [6.07, 6.45) is 8.16. The third kappa shape index (κ3) is 3.86. The van der Waals surface area contributed by atoms with Gasteiger partial charge in [-0.15, -0.1) is 0 Å². The average Bonchev–Trinajstić information content (AvgIpc) is 3.30. The molecule has 2 N–H and O–H groups in total. The minimum Gasteiger partial charge on any atom is -0.342 e. The van der Waals surface area contributed by atoms with Gasteiger partial charge in [0, 0.05) is 23.6 Å². The van der Waals surface area contributed by atoms with Crippen molar-refractivity contribution < 1.29 is 4.79 Å². The van der Waals surface area contributed by atoms with Gasteiger partial charge in [-0.2, -0.15) is 16.9 Å². The van der Waals surface area contributed by atoms with Gasteiger partial charge < -0.3 is 9.88 Å². The molecule has 0 spiro atoms. The number of benzene rings is 1. The molecular weight excluding hydrogens is 322 g/mol. The van der Waals surface area contributed by atoms with Crippen molar-refractivity contribution in [3.63, 3.8) is 0 Å². The van der Waals surface area contributed by atoms with Crippen LogP contribution in [0.2, 0.25) is 0 Å². The molecule has 2 aromatic heterocycles. The van der Waals surface area contributed by atoms with Crippen LogP contribution in [0, 0.1) is 0 Å². The molecule has 0 radical (unpaired) electrons. The fourth-order valence-electron chi connectivity index (χ4n) is 2.48. The summed E-state index contributed by atoms with van der Waals surface area (Å²) in [7, 11) is 0. The number of nitrogens with zero attached hydrogens (tertiary/aromatic N) is 3. The lowest BCUT2D eigenvalue weighted by molar-refractivity contribution is -0.119. The van der Waals surface area contributed by atoms with Crippen LogP contribution in [0.1, 0.15) is 12.5 Å². The van der Waals surface area contributed by atoms with E-state index in [1.807, 2.05) is 59.6 Å². The van der Waals surface area contributed by atoms with E-state index in [9.17, 15) is 4.79 Å². The topological polar surface area (TPSA) is 75.6 Å². The molecule has 2 heterocycles. The summed E-state index contributed by atoms with van der Waals surface area (Å²) in [6, 6.07) is 11.2. The van der Waals surface area contributed by atoms with Crippen molar-refractivity contribution in [1.82, 2.24) is 19.7 Å². The van der Waals surface area contributed by atoms with Crippen molar-refractivity contribution in [2.45, 2.75) is 12.5 Å². The lowest BCUT2D eigenvalue weighted by atomic mass is 10.1. The Hall–Kier alpha value is -2.54. The Morgan fingerprint density at radius 2 is 2.04 bits per heavy atom. The van der Waals surface area contributed by atoms with Gasteiger partial charge in [0.2, 0.25) is 5.91 Å². The third-order valence-corrected chi connectivity index (χ3v) is 4.37. The van der Waals surface area contributed by atoms with E-state index in [1.165, 1.54) is 6.33 Å². The Labute approximate surface area is 144 Å². The molecule has 0 bridgehead atoms. The summed E-state index contributed by atoms with van der Waals surface area (Å²) in [4.78, 5) is 16.8. The molecule has 0 fully saturated rings. The summed E-state index contributed by atoms with van der Waals surface area (Å²) < 4.78 is 1.95. The largest absolute Gasteiger partial charge is 0.342 e. The van der Waals surface area contributed by atoms with Crippen LogP contribution in [0.15, 0.2) is 55.1 Å². The van der Waals surface area contributed by atoms with E-state index in [-0.39, 0.29) is 11.9 Å². The van der Waals surface area contributed by atoms with Crippen LogP contribution in [0.3, 0.4) is 0 Å². The van der Waals surface area contributed by atoms with Crippen LogP contribution < -0.4 is 5.32 Å². The fourth-order valence-corrected chi connectivity index (χ4v) is 2.94. The molecule has 6 nitrogen and oxygen atoms in total. The minimum absolute atomic E-state index is 0.00679. The number of hydrogen-bond acceptors (Lipinski definition) is 4. The maximum atomic E-state index is 12.7. The smallest absolute Gasteiger partial charge is 0.247 e. The second-order valence-corrected chi connectivity index (χ2v) is 6.31. The van der Waals surface area contributed by atoms with E-state index in [1.54, 1.807) is 11.8 Å². The normalized spacial score (nSPS) is 12.0. The molecule has 3 rings (SSSR count). The second kappa shape index (κ2) is 7.83. The van der Waals surface area contributed by atoms with Crippen LogP contribution in [-0.4, -0.2) is 37.7 Å². The summed E-state index contributed by atoms with van der Waals surface area (Å²) in [5, 5.41) is 9.65. The summed E-state index contributed by atoms with van der Waals surface area (Å²) >= 11 is 1.74. The fraction of sp³-hybridized carbons (Fsp3) is 0.235. The minimum atomic E-state index is -0.207. The Kier molecular flexibility index (Phi) is 5.32. The number of thioether (sulfide) groups is 1. The van der Waals surface area contributed by atoms with E-state index in [0.29, 0.717) is 5.82 Å². The van der Waals surface area contributed by atoms with Crippen molar-refractivity contribution in [1.29, 1.82) is 0 Å². The number of nitrogens with one attached hydrogen (secondary N) is 2. The molecule has 3 aromatic rings. The molecule has 0 saturated carbocycles. The molecule has 0 saturated heterocycles. The summed E-state index contributed by atoms with van der Waals surface area (Å²) in [5.74, 6) is 1.63. The highest BCUT2D eigenvalue weighted by Crippen LogP contribution is 2.20. The number of amides is 1. The van der Waals surface area contributed by atoms with Gasteiger partial charge in [0.05, 0.1) is 0 Å². The van der Waals surface area contributed by atoms with E-state index in [0.717, 1.165) is 23.4 Å². The van der Waals surface area contributed by atoms with E-state index < -0.39 is 0 Å². The Morgan fingerprint density at radius 1 is 1.29 bits per heavy atom. The number of H-pyrrole nitrogens is 1. The number of aromatic nitrogens is 4. The summed E-state index contributed by atoms with van der Waals surface area (Å²) in [6.45, 7) is 0. The molecule has 1 amide bonds. The molecule has 0 aliphatic carbocycles.